The average molecular weight is 337 g/mol. The minimum absolute atomic E-state index is 0.0433. The number of carbonyl (C=O) groups is 1. The van der Waals surface area contributed by atoms with Crippen molar-refractivity contribution < 1.29 is 9.53 Å². The van der Waals surface area contributed by atoms with Gasteiger partial charge in [-0.1, -0.05) is 37.3 Å². The maximum absolute atomic E-state index is 11.9. The van der Waals surface area contributed by atoms with E-state index in [1.807, 2.05) is 48.5 Å². The maximum Gasteiger partial charge on any atom is 0.257 e. The Morgan fingerprint density at radius 2 is 1.96 bits per heavy atom. The first kappa shape index (κ1) is 17.0. The monoisotopic (exact) mass is 337 g/mol. The van der Waals surface area contributed by atoms with Crippen LogP contribution in [-0.4, -0.2) is 29.0 Å². The van der Waals surface area contributed by atoms with E-state index in [9.17, 15) is 4.79 Å². The number of aromatic amines is 1. The number of carbonyl (C=O) groups excluding carboxylic acids is 1. The molecule has 0 spiro atoms. The van der Waals surface area contributed by atoms with Crippen molar-refractivity contribution in [3.8, 4) is 5.75 Å². The van der Waals surface area contributed by atoms with Crippen LogP contribution in [0.4, 0.5) is 0 Å². The second kappa shape index (κ2) is 8.33. The molecule has 0 radical (unpaired) electrons. The Hall–Kier alpha value is -2.82. The highest BCUT2D eigenvalue weighted by molar-refractivity contribution is 5.77. The summed E-state index contributed by atoms with van der Waals surface area (Å²) in [6, 6.07) is 15.8. The van der Waals surface area contributed by atoms with Gasteiger partial charge >= 0.3 is 0 Å². The first-order valence-electron chi connectivity index (χ1n) is 8.67. The summed E-state index contributed by atoms with van der Waals surface area (Å²) in [5.41, 5.74) is 3.13. The van der Waals surface area contributed by atoms with Crippen molar-refractivity contribution in [2.24, 2.45) is 0 Å². The standard InChI is InChI=1S/C20H23N3O2/c1-2-15-8-3-6-11-18(15)25-14-20(24)21-13-7-12-19-22-16-9-4-5-10-17(16)23-19/h3-6,8-11H,2,7,12-14H2,1H3,(H,21,24)(H,22,23). The van der Waals surface area contributed by atoms with Gasteiger partial charge < -0.3 is 15.0 Å². The number of imidazole rings is 1. The number of rotatable bonds is 8. The van der Waals surface area contributed by atoms with Gasteiger partial charge in [0.1, 0.15) is 11.6 Å². The molecule has 1 heterocycles. The van der Waals surface area contributed by atoms with Crippen molar-refractivity contribution in [1.29, 1.82) is 0 Å². The average Bonchev–Trinajstić information content (AvgIpc) is 3.06. The molecule has 5 nitrogen and oxygen atoms in total. The maximum atomic E-state index is 11.9. The first-order chi connectivity index (χ1) is 12.3. The number of aryl methyl sites for hydroxylation is 2. The molecule has 0 bridgehead atoms. The number of ether oxygens (including phenoxy) is 1. The Kier molecular flexibility index (Phi) is 5.67. The number of fused-ring (bicyclic) bond motifs is 1. The summed E-state index contributed by atoms with van der Waals surface area (Å²) in [6.45, 7) is 2.72. The number of hydrogen-bond donors (Lipinski definition) is 2. The van der Waals surface area contributed by atoms with Gasteiger partial charge in [0.25, 0.3) is 5.91 Å². The molecule has 0 fully saturated rings. The van der Waals surface area contributed by atoms with Gasteiger partial charge in [-0.2, -0.15) is 0 Å². The van der Waals surface area contributed by atoms with Crippen LogP contribution in [0.25, 0.3) is 11.0 Å². The summed E-state index contributed by atoms with van der Waals surface area (Å²) < 4.78 is 5.61. The molecule has 2 aromatic carbocycles. The number of H-pyrrole nitrogens is 1. The molecule has 0 saturated carbocycles. The molecule has 0 aliphatic carbocycles. The molecule has 0 unspecified atom stereocenters. The summed E-state index contributed by atoms with van der Waals surface area (Å²) >= 11 is 0. The predicted molar refractivity (Wildman–Crippen MR) is 98.7 cm³/mol. The fourth-order valence-corrected chi connectivity index (χ4v) is 2.74. The topological polar surface area (TPSA) is 67.0 Å². The Labute approximate surface area is 147 Å². The zero-order chi connectivity index (χ0) is 17.5. The number of nitrogens with zero attached hydrogens (tertiary/aromatic N) is 1. The number of amides is 1. The number of benzene rings is 2. The molecular weight excluding hydrogens is 314 g/mol. The minimum Gasteiger partial charge on any atom is -0.483 e. The van der Waals surface area contributed by atoms with E-state index in [4.69, 9.17) is 4.74 Å². The summed E-state index contributed by atoms with van der Waals surface area (Å²) in [5, 5.41) is 2.89. The molecule has 1 amide bonds. The van der Waals surface area contributed by atoms with E-state index in [2.05, 4.69) is 22.2 Å². The van der Waals surface area contributed by atoms with Gasteiger partial charge in [-0.25, -0.2) is 4.98 Å². The lowest BCUT2D eigenvalue weighted by atomic mass is 10.1. The Morgan fingerprint density at radius 1 is 1.16 bits per heavy atom. The van der Waals surface area contributed by atoms with Crippen molar-refractivity contribution >= 4 is 16.9 Å². The zero-order valence-corrected chi connectivity index (χ0v) is 14.4. The summed E-state index contributed by atoms with van der Waals surface area (Å²) in [7, 11) is 0. The molecule has 1 aromatic heterocycles. The van der Waals surface area contributed by atoms with E-state index < -0.39 is 0 Å². The third kappa shape index (κ3) is 4.59. The summed E-state index contributed by atoms with van der Waals surface area (Å²) in [5.74, 6) is 1.63. The van der Waals surface area contributed by atoms with E-state index in [0.717, 1.165) is 47.4 Å². The second-order valence-corrected chi connectivity index (χ2v) is 5.90. The highest BCUT2D eigenvalue weighted by Crippen LogP contribution is 2.18. The lowest BCUT2D eigenvalue weighted by Crippen LogP contribution is -2.30. The smallest absolute Gasteiger partial charge is 0.257 e. The third-order valence-corrected chi connectivity index (χ3v) is 4.06. The molecule has 25 heavy (non-hydrogen) atoms. The lowest BCUT2D eigenvalue weighted by molar-refractivity contribution is -0.123. The number of aromatic nitrogens is 2. The molecular formula is C20H23N3O2. The number of para-hydroxylation sites is 3. The number of nitrogens with one attached hydrogen (secondary N) is 2. The highest BCUT2D eigenvalue weighted by atomic mass is 16.5. The van der Waals surface area contributed by atoms with Crippen LogP contribution in [0.1, 0.15) is 24.7 Å². The van der Waals surface area contributed by atoms with Crippen LogP contribution >= 0.6 is 0 Å². The van der Waals surface area contributed by atoms with E-state index in [0.29, 0.717) is 6.54 Å². The quantitative estimate of drug-likeness (QED) is 0.620. The van der Waals surface area contributed by atoms with Crippen LogP contribution in [0.15, 0.2) is 48.5 Å². The van der Waals surface area contributed by atoms with E-state index in [1.54, 1.807) is 0 Å². The van der Waals surface area contributed by atoms with Crippen LogP contribution in [0.3, 0.4) is 0 Å². The van der Waals surface area contributed by atoms with Crippen LogP contribution in [0.2, 0.25) is 0 Å². The highest BCUT2D eigenvalue weighted by Gasteiger charge is 2.06. The molecule has 0 aliphatic rings. The van der Waals surface area contributed by atoms with Gasteiger partial charge in [0.15, 0.2) is 6.61 Å². The lowest BCUT2D eigenvalue weighted by Gasteiger charge is -2.10. The third-order valence-electron chi connectivity index (χ3n) is 4.06. The summed E-state index contributed by atoms with van der Waals surface area (Å²) in [4.78, 5) is 19.7. The van der Waals surface area contributed by atoms with E-state index >= 15 is 0 Å². The molecule has 3 aromatic rings. The minimum atomic E-state index is -0.101. The van der Waals surface area contributed by atoms with E-state index in [-0.39, 0.29) is 12.5 Å². The van der Waals surface area contributed by atoms with Gasteiger partial charge in [-0.3, -0.25) is 4.79 Å². The van der Waals surface area contributed by atoms with Crippen molar-refractivity contribution in [2.75, 3.05) is 13.2 Å². The molecule has 130 valence electrons. The SMILES string of the molecule is CCc1ccccc1OCC(=O)NCCCc1nc2ccccc2[nH]1. The van der Waals surface area contributed by atoms with Crippen LogP contribution in [0, 0.1) is 0 Å². The molecule has 0 atom stereocenters. The molecule has 2 N–H and O–H groups in total. The van der Waals surface area contributed by atoms with Crippen molar-refractivity contribution in [3.05, 3.63) is 59.9 Å². The molecule has 0 aliphatic heterocycles. The predicted octanol–water partition coefficient (Wildman–Crippen LogP) is 3.25. The van der Waals surface area contributed by atoms with E-state index in [1.165, 1.54) is 0 Å². The zero-order valence-electron chi connectivity index (χ0n) is 14.4. The second-order valence-electron chi connectivity index (χ2n) is 5.90. The fraction of sp³-hybridized carbons (Fsp3) is 0.300. The van der Waals surface area contributed by atoms with Crippen LogP contribution in [0.5, 0.6) is 5.75 Å². The van der Waals surface area contributed by atoms with Gasteiger partial charge in [-0.05, 0) is 36.6 Å². The van der Waals surface area contributed by atoms with Crippen molar-refractivity contribution in [1.82, 2.24) is 15.3 Å². The first-order valence-corrected chi connectivity index (χ1v) is 8.67. The molecule has 3 rings (SSSR count). The Bertz CT molecular complexity index is 809. The Morgan fingerprint density at radius 3 is 2.80 bits per heavy atom. The van der Waals surface area contributed by atoms with Gasteiger partial charge in [0.2, 0.25) is 0 Å². The van der Waals surface area contributed by atoms with Crippen molar-refractivity contribution in [2.45, 2.75) is 26.2 Å². The fourth-order valence-electron chi connectivity index (χ4n) is 2.74. The van der Waals surface area contributed by atoms with Gasteiger partial charge in [-0.15, -0.1) is 0 Å². The van der Waals surface area contributed by atoms with Gasteiger partial charge in [0.05, 0.1) is 11.0 Å². The van der Waals surface area contributed by atoms with Crippen LogP contribution < -0.4 is 10.1 Å². The normalized spacial score (nSPS) is 10.8. The van der Waals surface area contributed by atoms with Crippen LogP contribution in [-0.2, 0) is 17.6 Å². The molecule has 0 saturated heterocycles. The number of hydrogen-bond acceptors (Lipinski definition) is 3. The Balaban J connectivity index is 1.39. The molecule has 5 heteroatoms. The largest absolute Gasteiger partial charge is 0.483 e. The van der Waals surface area contributed by atoms with Crippen molar-refractivity contribution in [3.63, 3.8) is 0 Å². The summed E-state index contributed by atoms with van der Waals surface area (Å²) in [6.07, 6.45) is 2.51. The van der Waals surface area contributed by atoms with Gasteiger partial charge in [0, 0.05) is 13.0 Å².